The van der Waals surface area contributed by atoms with Gasteiger partial charge in [-0.2, -0.15) is 0 Å². The maximum absolute atomic E-state index is 12.7. The lowest BCUT2D eigenvalue weighted by Gasteiger charge is -2.22. The third-order valence-electron chi connectivity index (χ3n) is 4.46. The van der Waals surface area contributed by atoms with Crippen LogP contribution in [-0.4, -0.2) is 35.7 Å². The van der Waals surface area contributed by atoms with Crippen molar-refractivity contribution in [2.24, 2.45) is 0 Å². The molecule has 0 saturated heterocycles. The van der Waals surface area contributed by atoms with E-state index in [-0.39, 0.29) is 17.9 Å². The summed E-state index contributed by atoms with van der Waals surface area (Å²) < 4.78 is 11.5. The van der Waals surface area contributed by atoms with E-state index < -0.39 is 6.10 Å². The molecule has 2 N–H and O–H groups in total. The van der Waals surface area contributed by atoms with Crippen molar-refractivity contribution in [3.05, 3.63) is 65.4 Å². The van der Waals surface area contributed by atoms with Crippen LogP contribution in [0.2, 0.25) is 0 Å². The lowest BCUT2D eigenvalue weighted by molar-refractivity contribution is 0.100. The van der Waals surface area contributed by atoms with Crippen LogP contribution in [0.5, 0.6) is 5.75 Å². The SMILES string of the molecule is Cc1c(C(=O)c2ccccc2)oc2ccc(OCC(O)CNC(C)(C)C)cc12. The Morgan fingerprint density at radius 3 is 2.57 bits per heavy atom. The number of aryl methyl sites for hydroxylation is 1. The summed E-state index contributed by atoms with van der Waals surface area (Å²) in [5, 5.41) is 14.2. The molecule has 1 heterocycles. The van der Waals surface area contributed by atoms with Gasteiger partial charge in [-0.25, -0.2) is 0 Å². The van der Waals surface area contributed by atoms with Crippen LogP contribution in [0.1, 0.15) is 42.5 Å². The molecular formula is C23H27NO4. The van der Waals surface area contributed by atoms with Crippen LogP contribution in [0.3, 0.4) is 0 Å². The summed E-state index contributed by atoms with van der Waals surface area (Å²) in [5.74, 6) is 0.832. The average molecular weight is 381 g/mol. The van der Waals surface area contributed by atoms with Crippen molar-refractivity contribution in [3.63, 3.8) is 0 Å². The Balaban J connectivity index is 1.73. The molecule has 0 saturated carbocycles. The van der Waals surface area contributed by atoms with Gasteiger partial charge in [0.2, 0.25) is 5.78 Å². The molecule has 5 nitrogen and oxygen atoms in total. The van der Waals surface area contributed by atoms with Gasteiger partial charge in [-0.1, -0.05) is 30.3 Å². The number of fused-ring (bicyclic) bond motifs is 1. The molecule has 3 rings (SSSR count). The van der Waals surface area contributed by atoms with E-state index in [4.69, 9.17) is 9.15 Å². The number of aliphatic hydroxyl groups is 1. The molecule has 2 aromatic carbocycles. The molecule has 148 valence electrons. The number of carbonyl (C=O) groups is 1. The van der Waals surface area contributed by atoms with Crippen LogP contribution < -0.4 is 10.1 Å². The summed E-state index contributed by atoms with van der Waals surface area (Å²) in [6.07, 6.45) is -0.615. The molecule has 0 amide bonds. The van der Waals surface area contributed by atoms with Gasteiger partial charge in [0.1, 0.15) is 24.0 Å². The largest absolute Gasteiger partial charge is 0.491 e. The van der Waals surface area contributed by atoms with Gasteiger partial charge in [-0.05, 0) is 45.9 Å². The van der Waals surface area contributed by atoms with Crippen molar-refractivity contribution in [1.82, 2.24) is 5.32 Å². The number of hydrogen-bond donors (Lipinski definition) is 2. The summed E-state index contributed by atoms with van der Waals surface area (Å²) in [5.41, 5.74) is 1.95. The molecule has 3 aromatic rings. The zero-order valence-electron chi connectivity index (χ0n) is 16.8. The quantitative estimate of drug-likeness (QED) is 0.603. The lowest BCUT2D eigenvalue weighted by Crippen LogP contribution is -2.42. The van der Waals surface area contributed by atoms with Gasteiger partial charge in [-0.3, -0.25) is 4.79 Å². The van der Waals surface area contributed by atoms with E-state index in [0.717, 1.165) is 10.9 Å². The van der Waals surface area contributed by atoms with Crippen molar-refractivity contribution in [3.8, 4) is 5.75 Å². The van der Waals surface area contributed by atoms with Gasteiger partial charge in [-0.15, -0.1) is 0 Å². The Morgan fingerprint density at radius 2 is 1.89 bits per heavy atom. The Hall–Kier alpha value is -2.63. The predicted octanol–water partition coefficient (Wildman–Crippen LogP) is 4.10. The van der Waals surface area contributed by atoms with Crippen LogP contribution >= 0.6 is 0 Å². The number of rotatable bonds is 7. The molecule has 0 radical (unpaired) electrons. The van der Waals surface area contributed by atoms with E-state index in [0.29, 0.717) is 29.2 Å². The third kappa shape index (κ3) is 4.80. The van der Waals surface area contributed by atoms with E-state index in [1.807, 2.05) is 52.0 Å². The number of hydrogen-bond acceptors (Lipinski definition) is 5. The predicted molar refractivity (Wildman–Crippen MR) is 110 cm³/mol. The number of ketones is 1. The monoisotopic (exact) mass is 381 g/mol. The molecule has 1 unspecified atom stereocenters. The van der Waals surface area contributed by atoms with E-state index in [2.05, 4.69) is 5.32 Å². The number of β-amino-alcohol motifs (C(OH)–C–C–N with tert-alkyl or cyclic N) is 1. The van der Waals surface area contributed by atoms with Gasteiger partial charge in [0.05, 0.1) is 0 Å². The van der Waals surface area contributed by atoms with Gasteiger partial charge in [0, 0.05) is 28.6 Å². The van der Waals surface area contributed by atoms with E-state index in [1.54, 1.807) is 24.3 Å². The Morgan fingerprint density at radius 1 is 1.18 bits per heavy atom. The summed E-state index contributed by atoms with van der Waals surface area (Å²) in [7, 11) is 0. The van der Waals surface area contributed by atoms with E-state index in [1.165, 1.54) is 0 Å². The van der Waals surface area contributed by atoms with Crippen LogP contribution in [-0.2, 0) is 0 Å². The second-order valence-corrected chi connectivity index (χ2v) is 8.01. The minimum Gasteiger partial charge on any atom is -0.491 e. The topological polar surface area (TPSA) is 71.7 Å². The maximum Gasteiger partial charge on any atom is 0.228 e. The number of ether oxygens (including phenoxy) is 1. The van der Waals surface area contributed by atoms with Gasteiger partial charge in [0.25, 0.3) is 0 Å². The van der Waals surface area contributed by atoms with Crippen molar-refractivity contribution in [2.75, 3.05) is 13.2 Å². The van der Waals surface area contributed by atoms with Gasteiger partial charge >= 0.3 is 0 Å². The van der Waals surface area contributed by atoms with Crippen LogP contribution in [0.25, 0.3) is 11.0 Å². The van der Waals surface area contributed by atoms with Crippen LogP contribution in [0, 0.1) is 6.92 Å². The first-order chi connectivity index (χ1) is 13.2. The number of carbonyl (C=O) groups excluding carboxylic acids is 1. The fourth-order valence-corrected chi connectivity index (χ4v) is 2.90. The molecular weight excluding hydrogens is 354 g/mol. The summed E-state index contributed by atoms with van der Waals surface area (Å²) in [6.45, 7) is 8.64. The van der Waals surface area contributed by atoms with Crippen molar-refractivity contribution >= 4 is 16.8 Å². The highest BCUT2D eigenvalue weighted by molar-refractivity contribution is 6.10. The molecule has 0 spiro atoms. The zero-order valence-corrected chi connectivity index (χ0v) is 16.8. The number of benzene rings is 2. The summed E-state index contributed by atoms with van der Waals surface area (Å²) >= 11 is 0. The molecule has 5 heteroatoms. The number of furan rings is 1. The molecule has 0 aliphatic heterocycles. The highest BCUT2D eigenvalue weighted by Crippen LogP contribution is 2.30. The Labute approximate surface area is 165 Å². The summed E-state index contributed by atoms with van der Waals surface area (Å²) in [6, 6.07) is 14.5. The highest BCUT2D eigenvalue weighted by Gasteiger charge is 2.19. The standard InChI is InChI=1S/C23H27NO4/c1-15-19-12-18(27-14-17(25)13-24-23(2,3)4)10-11-20(19)28-22(15)21(26)16-8-6-5-7-9-16/h5-12,17,24-25H,13-14H2,1-4H3. The van der Waals surface area contributed by atoms with Crippen LogP contribution in [0.15, 0.2) is 52.9 Å². The second kappa shape index (κ2) is 8.17. The molecule has 0 bridgehead atoms. The molecule has 0 aliphatic carbocycles. The molecule has 0 fully saturated rings. The first kappa shape index (κ1) is 20.1. The summed E-state index contributed by atoms with van der Waals surface area (Å²) in [4.78, 5) is 12.7. The first-order valence-electron chi connectivity index (χ1n) is 9.43. The molecule has 1 aromatic heterocycles. The fourth-order valence-electron chi connectivity index (χ4n) is 2.90. The first-order valence-corrected chi connectivity index (χ1v) is 9.43. The minimum atomic E-state index is -0.615. The van der Waals surface area contributed by atoms with Gasteiger partial charge < -0.3 is 19.6 Å². The van der Waals surface area contributed by atoms with Crippen LogP contribution in [0.4, 0.5) is 0 Å². The Bertz CT molecular complexity index is 954. The smallest absolute Gasteiger partial charge is 0.228 e. The second-order valence-electron chi connectivity index (χ2n) is 8.01. The van der Waals surface area contributed by atoms with E-state index in [9.17, 15) is 9.90 Å². The van der Waals surface area contributed by atoms with E-state index >= 15 is 0 Å². The maximum atomic E-state index is 12.7. The third-order valence-corrected chi connectivity index (χ3v) is 4.46. The van der Waals surface area contributed by atoms with Crippen molar-refractivity contribution in [1.29, 1.82) is 0 Å². The van der Waals surface area contributed by atoms with Crippen molar-refractivity contribution in [2.45, 2.75) is 39.3 Å². The van der Waals surface area contributed by atoms with Gasteiger partial charge in [0.15, 0.2) is 5.76 Å². The molecule has 0 aliphatic rings. The zero-order chi connectivity index (χ0) is 20.3. The number of nitrogens with one attached hydrogen (secondary N) is 1. The normalized spacial score (nSPS) is 12.9. The Kier molecular flexibility index (Phi) is 5.87. The average Bonchev–Trinajstić information content (AvgIpc) is 3.00. The van der Waals surface area contributed by atoms with Crippen molar-refractivity contribution < 1.29 is 19.1 Å². The molecule has 28 heavy (non-hydrogen) atoms. The lowest BCUT2D eigenvalue weighted by atomic mass is 10.0. The molecule has 1 atom stereocenters. The highest BCUT2D eigenvalue weighted by atomic mass is 16.5. The minimum absolute atomic E-state index is 0.0600. The number of aliphatic hydroxyl groups excluding tert-OH is 1. The fraction of sp³-hybridized carbons (Fsp3) is 0.348.